The summed E-state index contributed by atoms with van der Waals surface area (Å²) in [5.41, 5.74) is 1.49. The van der Waals surface area contributed by atoms with E-state index in [4.69, 9.17) is 4.74 Å². The molecule has 2 heterocycles. The van der Waals surface area contributed by atoms with Gasteiger partial charge in [-0.1, -0.05) is 19.1 Å². The van der Waals surface area contributed by atoms with Crippen molar-refractivity contribution in [3.05, 3.63) is 24.3 Å². The normalized spacial score (nSPS) is 20.9. The maximum absolute atomic E-state index is 12.5. The van der Waals surface area contributed by atoms with Crippen molar-refractivity contribution in [2.75, 3.05) is 11.9 Å². The molecule has 1 aromatic carbocycles. The molecule has 122 valence electrons. The molecule has 0 bridgehead atoms. The molecule has 1 N–H and O–H groups in total. The molecule has 1 saturated heterocycles. The summed E-state index contributed by atoms with van der Waals surface area (Å²) in [4.78, 5) is 12.5. The molecule has 2 atom stereocenters. The molecule has 0 radical (unpaired) electrons. The van der Waals surface area contributed by atoms with E-state index in [0.717, 1.165) is 12.0 Å². The van der Waals surface area contributed by atoms with E-state index in [2.05, 4.69) is 20.8 Å². The van der Waals surface area contributed by atoms with Gasteiger partial charge in [-0.2, -0.15) is 0 Å². The molecular weight excluding hydrogens is 294 g/mol. The average Bonchev–Trinajstić information content (AvgIpc) is 3.16. The highest BCUT2D eigenvalue weighted by molar-refractivity contribution is 5.97. The van der Waals surface area contributed by atoms with Crippen LogP contribution in [0.4, 0.5) is 5.69 Å². The van der Waals surface area contributed by atoms with Crippen LogP contribution in [0.25, 0.3) is 11.4 Å². The number of carbonyl (C=O) groups is 1. The van der Waals surface area contributed by atoms with Gasteiger partial charge in [0.2, 0.25) is 0 Å². The lowest BCUT2D eigenvalue weighted by Gasteiger charge is -2.17. The van der Waals surface area contributed by atoms with Crippen LogP contribution in [0.5, 0.6) is 0 Å². The van der Waals surface area contributed by atoms with Crippen molar-refractivity contribution in [1.29, 1.82) is 0 Å². The summed E-state index contributed by atoms with van der Waals surface area (Å²) in [6, 6.07) is 7.66. The molecule has 0 unspecified atom stereocenters. The third-order valence-corrected chi connectivity index (χ3v) is 4.05. The predicted octanol–water partition coefficient (Wildman–Crippen LogP) is 2.28. The van der Waals surface area contributed by atoms with Crippen molar-refractivity contribution in [3.63, 3.8) is 0 Å². The van der Waals surface area contributed by atoms with Crippen LogP contribution < -0.4 is 5.32 Å². The molecule has 1 aromatic heterocycles. The quantitative estimate of drug-likeness (QED) is 0.936. The van der Waals surface area contributed by atoms with E-state index >= 15 is 0 Å². The van der Waals surface area contributed by atoms with Crippen molar-refractivity contribution in [3.8, 4) is 11.4 Å². The number of para-hydroxylation sites is 1. The fourth-order valence-electron chi connectivity index (χ4n) is 2.74. The number of tetrazole rings is 1. The Kier molecular flexibility index (Phi) is 4.38. The Hall–Kier alpha value is -2.28. The smallest absolute Gasteiger partial charge is 0.253 e. The molecule has 1 aliphatic heterocycles. The highest BCUT2D eigenvalue weighted by Gasteiger charge is 2.31. The summed E-state index contributed by atoms with van der Waals surface area (Å²) < 4.78 is 7.27. The predicted molar refractivity (Wildman–Crippen MR) is 85.8 cm³/mol. The minimum atomic E-state index is -0.399. The second-order valence-corrected chi connectivity index (χ2v) is 6.13. The van der Waals surface area contributed by atoms with Crippen LogP contribution in [0.1, 0.15) is 33.2 Å². The van der Waals surface area contributed by atoms with Crippen molar-refractivity contribution >= 4 is 11.6 Å². The number of ether oxygens (including phenoxy) is 1. The minimum absolute atomic E-state index is 0.119. The Morgan fingerprint density at radius 1 is 1.39 bits per heavy atom. The fourth-order valence-corrected chi connectivity index (χ4v) is 2.74. The van der Waals surface area contributed by atoms with Crippen LogP contribution in [0.15, 0.2) is 24.3 Å². The van der Waals surface area contributed by atoms with Gasteiger partial charge in [-0.3, -0.25) is 4.79 Å². The first-order valence-electron chi connectivity index (χ1n) is 7.87. The number of nitrogens with one attached hydrogen (secondary N) is 1. The van der Waals surface area contributed by atoms with E-state index < -0.39 is 6.10 Å². The molecule has 3 rings (SSSR count). The standard InChI is InChI=1S/C16H21N5O2/c1-10(2)21-15(18-19-20-21)12-6-4-5-7-13(12)17-16(22)14-11(3)8-9-23-14/h4-7,10-11,14H,8-9H2,1-3H3,(H,17,22)/t11-,14-/m1/s1. The highest BCUT2D eigenvalue weighted by atomic mass is 16.5. The van der Waals surface area contributed by atoms with Crippen LogP contribution in [0.3, 0.4) is 0 Å². The second kappa shape index (κ2) is 6.45. The average molecular weight is 315 g/mol. The molecule has 1 fully saturated rings. The Bertz CT molecular complexity index is 697. The van der Waals surface area contributed by atoms with Gasteiger partial charge in [-0.15, -0.1) is 5.10 Å². The monoisotopic (exact) mass is 315 g/mol. The second-order valence-electron chi connectivity index (χ2n) is 6.13. The van der Waals surface area contributed by atoms with E-state index in [1.807, 2.05) is 45.0 Å². The number of benzene rings is 1. The number of hydrogen-bond acceptors (Lipinski definition) is 5. The molecule has 0 aliphatic carbocycles. The SMILES string of the molecule is CC(C)n1nnnc1-c1ccccc1NC(=O)[C@@H]1OCC[C@H]1C. The number of rotatable bonds is 4. The zero-order chi connectivity index (χ0) is 16.4. The van der Waals surface area contributed by atoms with Gasteiger partial charge in [0, 0.05) is 12.2 Å². The molecule has 7 nitrogen and oxygen atoms in total. The maximum atomic E-state index is 12.5. The zero-order valence-electron chi connectivity index (χ0n) is 13.6. The molecule has 2 aromatic rings. The molecule has 7 heteroatoms. The van der Waals surface area contributed by atoms with Crippen LogP contribution >= 0.6 is 0 Å². The molecular formula is C16H21N5O2. The van der Waals surface area contributed by atoms with Gasteiger partial charge in [0.1, 0.15) is 6.10 Å². The first-order valence-corrected chi connectivity index (χ1v) is 7.87. The van der Waals surface area contributed by atoms with Gasteiger partial charge in [0.25, 0.3) is 5.91 Å². The molecule has 0 spiro atoms. The summed E-state index contributed by atoms with van der Waals surface area (Å²) in [5.74, 6) is 0.741. The van der Waals surface area contributed by atoms with Crippen molar-refractivity contribution in [2.45, 2.75) is 39.3 Å². The fraction of sp³-hybridized carbons (Fsp3) is 0.500. The number of aromatic nitrogens is 4. The van der Waals surface area contributed by atoms with Gasteiger partial charge in [0.15, 0.2) is 5.82 Å². The van der Waals surface area contributed by atoms with Crippen LogP contribution in [-0.4, -0.2) is 38.8 Å². The molecule has 0 saturated carbocycles. The van der Waals surface area contributed by atoms with E-state index in [1.54, 1.807) is 4.68 Å². The third-order valence-electron chi connectivity index (χ3n) is 4.05. The van der Waals surface area contributed by atoms with Crippen LogP contribution in [-0.2, 0) is 9.53 Å². The highest BCUT2D eigenvalue weighted by Crippen LogP contribution is 2.28. The van der Waals surface area contributed by atoms with Crippen LogP contribution in [0, 0.1) is 5.92 Å². The lowest BCUT2D eigenvalue weighted by atomic mass is 10.0. The minimum Gasteiger partial charge on any atom is -0.368 e. The summed E-state index contributed by atoms with van der Waals surface area (Å²) in [7, 11) is 0. The summed E-state index contributed by atoms with van der Waals surface area (Å²) in [6.45, 7) is 6.68. The number of hydrogen-bond donors (Lipinski definition) is 1. The van der Waals surface area contributed by atoms with Crippen molar-refractivity contribution < 1.29 is 9.53 Å². The summed E-state index contributed by atoms with van der Waals surface area (Å²) in [6.07, 6.45) is 0.509. The molecule has 1 amide bonds. The first kappa shape index (κ1) is 15.6. The molecule has 23 heavy (non-hydrogen) atoms. The maximum Gasteiger partial charge on any atom is 0.253 e. The van der Waals surface area contributed by atoms with Gasteiger partial charge in [-0.05, 0) is 48.7 Å². The summed E-state index contributed by atoms with van der Waals surface area (Å²) >= 11 is 0. The third kappa shape index (κ3) is 3.10. The Labute approximate surface area is 135 Å². The Morgan fingerprint density at radius 2 is 2.17 bits per heavy atom. The Balaban J connectivity index is 1.89. The lowest BCUT2D eigenvalue weighted by molar-refractivity contribution is -0.126. The number of nitrogens with zero attached hydrogens (tertiary/aromatic N) is 4. The van der Waals surface area contributed by atoms with Gasteiger partial charge in [0.05, 0.1) is 11.7 Å². The lowest BCUT2D eigenvalue weighted by Crippen LogP contribution is -2.31. The zero-order valence-corrected chi connectivity index (χ0v) is 13.6. The van der Waals surface area contributed by atoms with E-state index in [1.165, 1.54) is 0 Å². The number of anilines is 1. The van der Waals surface area contributed by atoms with Gasteiger partial charge >= 0.3 is 0 Å². The van der Waals surface area contributed by atoms with E-state index in [9.17, 15) is 4.79 Å². The first-order chi connectivity index (χ1) is 11.1. The Morgan fingerprint density at radius 3 is 2.87 bits per heavy atom. The number of carbonyl (C=O) groups excluding carboxylic acids is 1. The number of amides is 1. The summed E-state index contributed by atoms with van der Waals surface area (Å²) in [5, 5.41) is 14.8. The van der Waals surface area contributed by atoms with Crippen LogP contribution in [0.2, 0.25) is 0 Å². The topological polar surface area (TPSA) is 81.9 Å². The largest absolute Gasteiger partial charge is 0.368 e. The molecule has 1 aliphatic rings. The van der Waals surface area contributed by atoms with Gasteiger partial charge < -0.3 is 10.1 Å². The van der Waals surface area contributed by atoms with E-state index in [0.29, 0.717) is 18.1 Å². The van der Waals surface area contributed by atoms with E-state index in [-0.39, 0.29) is 17.9 Å². The van der Waals surface area contributed by atoms with Crippen molar-refractivity contribution in [1.82, 2.24) is 20.2 Å². The van der Waals surface area contributed by atoms with Gasteiger partial charge in [-0.25, -0.2) is 4.68 Å². The van der Waals surface area contributed by atoms with Crippen molar-refractivity contribution in [2.24, 2.45) is 5.92 Å².